The van der Waals surface area contributed by atoms with Gasteiger partial charge < -0.3 is 10.2 Å². The monoisotopic (exact) mass is 667 g/mol. The molecule has 0 spiro atoms. The van der Waals surface area contributed by atoms with Gasteiger partial charge in [0.25, 0.3) is 10.0 Å². The van der Waals surface area contributed by atoms with Gasteiger partial charge >= 0.3 is 0 Å². The topological polar surface area (TPSA) is 86.8 Å². The SMILES string of the molecule is CC[C@H](C)NC(=O)[C@@H](C)N(Cc1ccc(Cl)cc1Cl)C(=O)CN(c1cccc(Br)c1)S(=O)(=O)c1ccc(C)cc1. The van der Waals surface area contributed by atoms with Crippen LogP contribution >= 0.6 is 39.1 Å². The number of carbonyl (C=O) groups excluding carboxylic acids is 2. The van der Waals surface area contributed by atoms with Gasteiger partial charge in [-0.15, -0.1) is 0 Å². The van der Waals surface area contributed by atoms with Gasteiger partial charge in [0, 0.05) is 27.1 Å². The van der Waals surface area contributed by atoms with E-state index in [-0.39, 0.29) is 23.4 Å². The Bertz CT molecular complexity index is 1470. The molecule has 2 atom stereocenters. The average molecular weight is 669 g/mol. The number of hydrogen-bond donors (Lipinski definition) is 1. The summed E-state index contributed by atoms with van der Waals surface area (Å²) in [5, 5.41) is 3.66. The molecule has 3 aromatic carbocycles. The lowest BCUT2D eigenvalue weighted by molar-refractivity contribution is -0.139. The highest BCUT2D eigenvalue weighted by Gasteiger charge is 2.33. The number of nitrogens with zero attached hydrogens (tertiary/aromatic N) is 2. The quantitative estimate of drug-likeness (QED) is 0.250. The lowest BCUT2D eigenvalue weighted by Crippen LogP contribution is -2.52. The van der Waals surface area contributed by atoms with Crippen LogP contribution in [0, 0.1) is 6.92 Å². The molecule has 0 fully saturated rings. The largest absolute Gasteiger partial charge is 0.352 e. The second-order valence-electron chi connectivity index (χ2n) is 9.56. The molecule has 0 saturated heterocycles. The Morgan fingerprint density at radius 3 is 2.27 bits per heavy atom. The lowest BCUT2D eigenvalue weighted by atomic mass is 10.1. The fraction of sp³-hybridized carbons (Fsp3) is 0.310. The summed E-state index contributed by atoms with van der Waals surface area (Å²) >= 11 is 15.9. The maximum absolute atomic E-state index is 14.0. The molecular weight excluding hydrogens is 637 g/mol. The Hall–Kier alpha value is -2.59. The number of sulfonamides is 1. The summed E-state index contributed by atoms with van der Waals surface area (Å²) in [7, 11) is -4.15. The van der Waals surface area contributed by atoms with E-state index in [1.807, 2.05) is 20.8 Å². The highest BCUT2D eigenvalue weighted by Crippen LogP contribution is 2.28. The molecule has 0 aromatic heterocycles. The van der Waals surface area contributed by atoms with E-state index in [4.69, 9.17) is 23.2 Å². The fourth-order valence-electron chi connectivity index (χ4n) is 3.88. The van der Waals surface area contributed by atoms with E-state index in [0.29, 0.717) is 32.2 Å². The Morgan fingerprint density at radius 2 is 1.68 bits per heavy atom. The van der Waals surface area contributed by atoms with E-state index in [2.05, 4.69) is 21.2 Å². The zero-order valence-corrected chi connectivity index (χ0v) is 26.6. The van der Waals surface area contributed by atoms with Crippen molar-refractivity contribution in [2.75, 3.05) is 10.8 Å². The molecule has 11 heteroatoms. The summed E-state index contributed by atoms with van der Waals surface area (Å²) in [5.74, 6) is -0.934. The number of benzene rings is 3. The van der Waals surface area contributed by atoms with E-state index in [1.54, 1.807) is 61.5 Å². The molecular formula is C29H32BrCl2N3O4S. The molecule has 0 heterocycles. The van der Waals surface area contributed by atoms with E-state index < -0.39 is 28.5 Å². The highest BCUT2D eigenvalue weighted by molar-refractivity contribution is 9.10. The molecule has 7 nitrogen and oxygen atoms in total. The van der Waals surface area contributed by atoms with E-state index in [1.165, 1.54) is 17.0 Å². The number of nitrogens with one attached hydrogen (secondary N) is 1. The molecule has 0 bridgehead atoms. The number of rotatable bonds is 11. The van der Waals surface area contributed by atoms with Gasteiger partial charge in [0.2, 0.25) is 11.8 Å². The standard InChI is InChI=1S/C29H32BrCl2N3O4S/c1-5-20(3)33-29(37)21(4)34(17-22-11-12-24(31)16-27(22)32)28(36)18-35(25-8-6-7-23(30)15-25)40(38,39)26-13-9-19(2)10-14-26/h6-16,20-21H,5,17-18H2,1-4H3,(H,33,37)/t20-,21+/m0/s1. The highest BCUT2D eigenvalue weighted by atomic mass is 79.9. The Labute approximate surface area is 254 Å². The van der Waals surface area contributed by atoms with Crippen LogP contribution in [0.3, 0.4) is 0 Å². The minimum absolute atomic E-state index is 0.0270. The normalized spacial score (nSPS) is 12.9. The van der Waals surface area contributed by atoms with Gasteiger partial charge in [0.15, 0.2) is 0 Å². The van der Waals surface area contributed by atoms with Gasteiger partial charge in [0.1, 0.15) is 12.6 Å². The van der Waals surface area contributed by atoms with Gasteiger partial charge in [-0.2, -0.15) is 0 Å². The van der Waals surface area contributed by atoms with Crippen molar-refractivity contribution >= 4 is 66.7 Å². The van der Waals surface area contributed by atoms with Crippen molar-refractivity contribution in [2.45, 2.75) is 57.6 Å². The minimum Gasteiger partial charge on any atom is -0.352 e. The summed E-state index contributed by atoms with van der Waals surface area (Å²) < 4.78 is 29.5. The Kier molecular flexibility index (Phi) is 11.1. The van der Waals surface area contributed by atoms with Crippen molar-refractivity contribution in [3.63, 3.8) is 0 Å². The zero-order chi connectivity index (χ0) is 29.6. The molecule has 2 amide bonds. The summed E-state index contributed by atoms with van der Waals surface area (Å²) in [5.41, 5.74) is 1.76. The van der Waals surface area contributed by atoms with Crippen molar-refractivity contribution in [3.8, 4) is 0 Å². The van der Waals surface area contributed by atoms with Crippen LogP contribution in [0.1, 0.15) is 38.3 Å². The second-order valence-corrected chi connectivity index (χ2v) is 13.2. The predicted octanol–water partition coefficient (Wildman–Crippen LogP) is 6.59. The molecule has 0 aliphatic heterocycles. The third-order valence-electron chi connectivity index (χ3n) is 6.51. The number of hydrogen-bond acceptors (Lipinski definition) is 4. The van der Waals surface area contributed by atoms with Crippen molar-refractivity contribution in [2.24, 2.45) is 0 Å². The van der Waals surface area contributed by atoms with E-state index >= 15 is 0 Å². The molecule has 0 aliphatic rings. The first-order chi connectivity index (χ1) is 18.8. The Morgan fingerprint density at radius 1 is 1.00 bits per heavy atom. The van der Waals surface area contributed by atoms with Gasteiger partial charge in [-0.05, 0) is 75.2 Å². The van der Waals surface area contributed by atoms with E-state index in [0.717, 1.165) is 9.87 Å². The van der Waals surface area contributed by atoms with Crippen LogP contribution in [-0.2, 0) is 26.2 Å². The predicted molar refractivity (Wildman–Crippen MR) is 164 cm³/mol. The molecule has 0 aliphatic carbocycles. The molecule has 40 heavy (non-hydrogen) atoms. The summed E-state index contributed by atoms with van der Waals surface area (Å²) in [6, 6.07) is 17.0. The summed E-state index contributed by atoms with van der Waals surface area (Å²) in [6.07, 6.45) is 0.709. The number of aryl methyl sites for hydroxylation is 1. The van der Waals surface area contributed by atoms with Gasteiger partial charge in [0.05, 0.1) is 10.6 Å². The number of carbonyl (C=O) groups is 2. The van der Waals surface area contributed by atoms with Crippen molar-refractivity contribution in [1.29, 1.82) is 0 Å². The maximum atomic E-state index is 14.0. The molecule has 3 aromatic rings. The van der Waals surface area contributed by atoms with Crippen LogP contribution in [0.5, 0.6) is 0 Å². The lowest BCUT2D eigenvalue weighted by Gasteiger charge is -2.32. The Balaban J connectivity index is 2.05. The zero-order valence-electron chi connectivity index (χ0n) is 22.7. The van der Waals surface area contributed by atoms with Crippen LogP contribution in [-0.4, -0.2) is 43.8 Å². The first-order valence-electron chi connectivity index (χ1n) is 12.7. The maximum Gasteiger partial charge on any atom is 0.264 e. The van der Waals surface area contributed by atoms with Crippen molar-refractivity contribution in [1.82, 2.24) is 10.2 Å². The molecule has 0 saturated carbocycles. The van der Waals surface area contributed by atoms with Crippen LogP contribution in [0.2, 0.25) is 10.0 Å². The van der Waals surface area contributed by atoms with Crippen LogP contribution in [0.25, 0.3) is 0 Å². The van der Waals surface area contributed by atoms with Crippen LogP contribution in [0.4, 0.5) is 5.69 Å². The van der Waals surface area contributed by atoms with Crippen molar-refractivity contribution < 1.29 is 18.0 Å². The van der Waals surface area contributed by atoms with Gasteiger partial charge in [-0.3, -0.25) is 13.9 Å². The first kappa shape index (κ1) is 31.9. The summed E-state index contributed by atoms with van der Waals surface area (Å²) in [6.45, 7) is 6.71. The number of amides is 2. The van der Waals surface area contributed by atoms with Gasteiger partial charge in [-0.25, -0.2) is 8.42 Å². The van der Waals surface area contributed by atoms with Crippen molar-refractivity contribution in [3.05, 3.63) is 92.4 Å². The fourth-order valence-corrected chi connectivity index (χ4v) is 6.14. The number of anilines is 1. The first-order valence-corrected chi connectivity index (χ1v) is 15.7. The van der Waals surface area contributed by atoms with E-state index in [9.17, 15) is 18.0 Å². The molecule has 0 unspecified atom stereocenters. The third-order valence-corrected chi connectivity index (χ3v) is 9.38. The second kappa shape index (κ2) is 13.9. The third kappa shape index (κ3) is 8.00. The minimum atomic E-state index is -4.15. The smallest absolute Gasteiger partial charge is 0.264 e. The average Bonchev–Trinajstić information content (AvgIpc) is 2.90. The molecule has 0 radical (unpaired) electrons. The van der Waals surface area contributed by atoms with Crippen LogP contribution in [0.15, 0.2) is 76.1 Å². The molecule has 214 valence electrons. The number of halogens is 3. The molecule has 3 rings (SSSR count). The summed E-state index contributed by atoms with van der Waals surface area (Å²) in [4.78, 5) is 28.5. The van der Waals surface area contributed by atoms with Gasteiger partial charge in [-0.1, -0.05) is 75.9 Å². The molecule has 1 N–H and O–H groups in total. The van der Waals surface area contributed by atoms with Crippen LogP contribution < -0.4 is 9.62 Å².